The molecule has 0 saturated heterocycles. The first kappa shape index (κ1) is 13.3. The third-order valence-electron chi connectivity index (χ3n) is 3.01. The molecule has 0 unspecified atom stereocenters. The zero-order valence-corrected chi connectivity index (χ0v) is 10.8. The van der Waals surface area contributed by atoms with Crippen LogP contribution in [0.4, 0.5) is 10.1 Å². The molecule has 0 heterocycles. The highest BCUT2D eigenvalue weighted by molar-refractivity contribution is 5.99. The van der Waals surface area contributed by atoms with Gasteiger partial charge in [0.15, 0.2) is 5.78 Å². The van der Waals surface area contributed by atoms with E-state index >= 15 is 0 Å². The topological polar surface area (TPSA) is 20.3 Å². The number of halogens is 1. The van der Waals surface area contributed by atoms with E-state index < -0.39 is 5.82 Å². The number of anilines is 1. The van der Waals surface area contributed by atoms with Crippen LogP contribution in [0.2, 0.25) is 0 Å². The molecule has 2 aromatic rings. The molecule has 0 atom stereocenters. The van der Waals surface area contributed by atoms with E-state index in [-0.39, 0.29) is 17.9 Å². The van der Waals surface area contributed by atoms with E-state index in [1.165, 1.54) is 12.1 Å². The van der Waals surface area contributed by atoms with Crippen molar-refractivity contribution in [3.8, 4) is 0 Å². The van der Waals surface area contributed by atoms with Crippen LogP contribution in [-0.4, -0.2) is 18.9 Å². The highest BCUT2D eigenvalue weighted by Crippen LogP contribution is 2.15. The van der Waals surface area contributed by atoms with Crippen LogP contribution in [0.5, 0.6) is 0 Å². The normalized spacial score (nSPS) is 10.2. The summed E-state index contributed by atoms with van der Waals surface area (Å²) in [6, 6.07) is 15.8. The zero-order valence-electron chi connectivity index (χ0n) is 10.8. The number of ketones is 1. The van der Waals surface area contributed by atoms with Crippen LogP contribution in [0.3, 0.4) is 0 Å². The number of hydrogen-bond donors (Lipinski definition) is 0. The molecule has 2 rings (SSSR count). The van der Waals surface area contributed by atoms with E-state index in [1.807, 2.05) is 42.2 Å². The van der Waals surface area contributed by atoms with Gasteiger partial charge in [-0.2, -0.15) is 0 Å². The van der Waals surface area contributed by atoms with Gasteiger partial charge in [-0.1, -0.05) is 30.3 Å². The summed E-state index contributed by atoms with van der Waals surface area (Å²) < 4.78 is 13.6. The largest absolute Gasteiger partial charge is 0.364 e. The maximum absolute atomic E-state index is 13.6. The number of likely N-dealkylation sites (N-methyl/N-ethyl adjacent to an activating group) is 1. The molecule has 0 bridgehead atoms. The van der Waals surface area contributed by atoms with Crippen LogP contribution in [0.25, 0.3) is 0 Å². The van der Waals surface area contributed by atoms with E-state index in [0.717, 1.165) is 5.69 Å². The molecule has 0 fully saturated rings. The molecule has 0 spiro atoms. The standard InChI is InChI=1S/C16H16FNO/c1-2-18(13-8-4-3-5-9-13)12-16(19)14-10-6-7-11-15(14)17/h3-11H,2,12H2,1H3. The minimum atomic E-state index is -0.461. The summed E-state index contributed by atoms with van der Waals surface area (Å²) in [5.41, 5.74) is 1.12. The van der Waals surface area contributed by atoms with Gasteiger partial charge in [0, 0.05) is 12.2 Å². The van der Waals surface area contributed by atoms with Crippen LogP contribution in [0, 0.1) is 5.82 Å². The molecule has 0 saturated carbocycles. The Morgan fingerprint density at radius 3 is 2.32 bits per heavy atom. The van der Waals surface area contributed by atoms with Crippen molar-refractivity contribution >= 4 is 11.5 Å². The first-order chi connectivity index (χ1) is 9.22. The van der Waals surface area contributed by atoms with Gasteiger partial charge in [-0.3, -0.25) is 4.79 Å². The van der Waals surface area contributed by atoms with Gasteiger partial charge in [-0.15, -0.1) is 0 Å². The third-order valence-corrected chi connectivity index (χ3v) is 3.01. The van der Waals surface area contributed by atoms with E-state index in [4.69, 9.17) is 0 Å². The quantitative estimate of drug-likeness (QED) is 0.764. The molecule has 0 amide bonds. The second-order valence-electron chi connectivity index (χ2n) is 4.25. The molecule has 2 aromatic carbocycles. The van der Waals surface area contributed by atoms with Gasteiger partial charge in [-0.25, -0.2) is 4.39 Å². The molecule has 98 valence electrons. The molecule has 0 aromatic heterocycles. The summed E-state index contributed by atoms with van der Waals surface area (Å²) in [5, 5.41) is 0. The predicted molar refractivity (Wildman–Crippen MR) is 75.1 cm³/mol. The molecular formula is C16H16FNO. The molecule has 0 N–H and O–H groups in total. The summed E-state index contributed by atoms with van der Waals surface area (Å²) in [4.78, 5) is 14.1. The lowest BCUT2D eigenvalue weighted by atomic mass is 10.1. The van der Waals surface area contributed by atoms with Crippen molar-refractivity contribution in [2.45, 2.75) is 6.92 Å². The number of hydrogen-bond acceptors (Lipinski definition) is 2. The first-order valence-corrected chi connectivity index (χ1v) is 6.30. The smallest absolute Gasteiger partial charge is 0.185 e. The van der Waals surface area contributed by atoms with E-state index in [1.54, 1.807) is 12.1 Å². The minimum absolute atomic E-state index is 0.150. The second kappa shape index (κ2) is 6.14. The molecule has 2 nitrogen and oxygen atoms in total. The Kier molecular flexibility index (Phi) is 4.29. The van der Waals surface area contributed by atoms with Crippen molar-refractivity contribution in [3.05, 3.63) is 66.0 Å². The van der Waals surface area contributed by atoms with Gasteiger partial charge >= 0.3 is 0 Å². The average Bonchev–Trinajstić information content (AvgIpc) is 2.46. The summed E-state index contributed by atoms with van der Waals surface area (Å²) in [5.74, 6) is -0.666. The van der Waals surface area contributed by atoms with Gasteiger partial charge in [0.25, 0.3) is 0 Å². The third kappa shape index (κ3) is 3.19. The Balaban J connectivity index is 2.16. The fraction of sp³-hybridized carbons (Fsp3) is 0.188. The average molecular weight is 257 g/mol. The lowest BCUT2D eigenvalue weighted by molar-refractivity contribution is 0.0995. The van der Waals surface area contributed by atoms with Crippen molar-refractivity contribution in [1.29, 1.82) is 0 Å². The maximum atomic E-state index is 13.6. The van der Waals surface area contributed by atoms with Crippen molar-refractivity contribution in [3.63, 3.8) is 0 Å². The Morgan fingerprint density at radius 1 is 1.05 bits per heavy atom. The highest BCUT2D eigenvalue weighted by Gasteiger charge is 2.14. The second-order valence-corrected chi connectivity index (χ2v) is 4.25. The predicted octanol–water partition coefficient (Wildman–Crippen LogP) is 3.53. The number of carbonyl (C=O) groups excluding carboxylic acids is 1. The van der Waals surface area contributed by atoms with Crippen molar-refractivity contribution < 1.29 is 9.18 Å². The highest BCUT2D eigenvalue weighted by atomic mass is 19.1. The lowest BCUT2D eigenvalue weighted by Gasteiger charge is -2.22. The maximum Gasteiger partial charge on any atom is 0.185 e. The van der Waals surface area contributed by atoms with Gasteiger partial charge in [0.05, 0.1) is 12.1 Å². The Bertz CT molecular complexity index is 554. The van der Waals surface area contributed by atoms with Crippen molar-refractivity contribution in [2.75, 3.05) is 18.0 Å². The van der Waals surface area contributed by atoms with Gasteiger partial charge in [0.2, 0.25) is 0 Å². The summed E-state index contributed by atoms with van der Waals surface area (Å²) >= 11 is 0. The molecule has 0 aliphatic rings. The number of Topliss-reactive ketones (excluding diaryl/α,β-unsaturated/α-hetero) is 1. The fourth-order valence-electron chi connectivity index (χ4n) is 1.97. The van der Waals surface area contributed by atoms with Crippen molar-refractivity contribution in [1.82, 2.24) is 0 Å². The van der Waals surface area contributed by atoms with Crippen molar-refractivity contribution in [2.24, 2.45) is 0 Å². The minimum Gasteiger partial charge on any atom is -0.364 e. The van der Waals surface area contributed by atoms with E-state index in [2.05, 4.69) is 0 Å². The summed E-state index contributed by atoms with van der Waals surface area (Å²) in [7, 11) is 0. The van der Waals surface area contributed by atoms with Crippen LogP contribution < -0.4 is 4.90 Å². The Hall–Kier alpha value is -2.16. The van der Waals surface area contributed by atoms with Gasteiger partial charge in [-0.05, 0) is 31.2 Å². The molecular weight excluding hydrogens is 241 g/mol. The molecule has 0 radical (unpaired) electrons. The SMILES string of the molecule is CCN(CC(=O)c1ccccc1F)c1ccccc1. The van der Waals surface area contributed by atoms with E-state index in [9.17, 15) is 9.18 Å². The zero-order chi connectivity index (χ0) is 13.7. The van der Waals surface area contributed by atoms with Gasteiger partial charge < -0.3 is 4.90 Å². The molecule has 19 heavy (non-hydrogen) atoms. The van der Waals surface area contributed by atoms with Crippen LogP contribution in [0.1, 0.15) is 17.3 Å². The number of para-hydroxylation sites is 1. The lowest BCUT2D eigenvalue weighted by Crippen LogP contribution is -2.30. The van der Waals surface area contributed by atoms with Crippen LogP contribution in [0.15, 0.2) is 54.6 Å². The molecule has 0 aliphatic carbocycles. The fourth-order valence-corrected chi connectivity index (χ4v) is 1.97. The van der Waals surface area contributed by atoms with Crippen LogP contribution in [-0.2, 0) is 0 Å². The Morgan fingerprint density at radius 2 is 1.68 bits per heavy atom. The molecule has 3 heteroatoms. The first-order valence-electron chi connectivity index (χ1n) is 6.30. The Labute approximate surface area is 112 Å². The van der Waals surface area contributed by atoms with Crippen LogP contribution >= 0.6 is 0 Å². The monoisotopic (exact) mass is 257 g/mol. The van der Waals surface area contributed by atoms with E-state index in [0.29, 0.717) is 6.54 Å². The van der Waals surface area contributed by atoms with Gasteiger partial charge in [0.1, 0.15) is 5.82 Å². The molecule has 0 aliphatic heterocycles. The summed E-state index contributed by atoms with van der Waals surface area (Å²) in [6.45, 7) is 2.85. The number of rotatable bonds is 5. The number of carbonyl (C=O) groups is 1. The number of benzene rings is 2. The summed E-state index contributed by atoms with van der Waals surface area (Å²) in [6.07, 6.45) is 0. The number of nitrogens with zero attached hydrogens (tertiary/aromatic N) is 1.